The third kappa shape index (κ3) is 2.77. The molecule has 0 radical (unpaired) electrons. The number of hydrogen-bond donors (Lipinski definition) is 1. The van der Waals surface area contributed by atoms with Gasteiger partial charge in [0.2, 0.25) is 0 Å². The van der Waals surface area contributed by atoms with Crippen molar-refractivity contribution in [1.82, 2.24) is 4.98 Å². The van der Waals surface area contributed by atoms with Crippen molar-refractivity contribution >= 4 is 11.5 Å². The van der Waals surface area contributed by atoms with Crippen molar-refractivity contribution in [2.45, 2.75) is 13.5 Å². The highest BCUT2D eigenvalue weighted by Crippen LogP contribution is 2.18. The smallest absolute Gasteiger partial charge is 0.128 e. The normalized spacial score (nSPS) is 10.4. The highest BCUT2D eigenvalue weighted by atomic mass is 19.1. The minimum absolute atomic E-state index is 0.220. The molecule has 0 spiro atoms. The fourth-order valence-corrected chi connectivity index (χ4v) is 1.75. The van der Waals surface area contributed by atoms with Crippen molar-refractivity contribution in [3.8, 4) is 0 Å². The number of rotatable bonds is 3. The van der Waals surface area contributed by atoms with Crippen molar-refractivity contribution < 1.29 is 4.39 Å². The number of aromatic nitrogens is 1. The summed E-state index contributed by atoms with van der Waals surface area (Å²) in [6, 6.07) is 8.49. The van der Waals surface area contributed by atoms with E-state index in [1.807, 2.05) is 31.0 Å². The fraction of sp³-hybridized carbons (Fsp3) is 0.214. The highest BCUT2D eigenvalue weighted by molar-refractivity contribution is 5.52. The van der Waals surface area contributed by atoms with Gasteiger partial charge in [-0.2, -0.15) is 0 Å². The van der Waals surface area contributed by atoms with E-state index < -0.39 is 0 Å². The Bertz CT molecular complexity index is 554. The van der Waals surface area contributed by atoms with E-state index in [1.165, 1.54) is 12.1 Å². The van der Waals surface area contributed by atoms with Crippen LogP contribution in [0.2, 0.25) is 0 Å². The lowest BCUT2D eigenvalue weighted by atomic mass is 10.2. The van der Waals surface area contributed by atoms with Gasteiger partial charge >= 0.3 is 0 Å². The Morgan fingerprint density at radius 2 is 2.11 bits per heavy atom. The first-order chi connectivity index (χ1) is 8.56. The summed E-state index contributed by atoms with van der Waals surface area (Å²) in [5.74, 6) is 0.605. The second-order valence-corrected chi connectivity index (χ2v) is 4.39. The number of nitrogens with two attached hydrogens (primary N) is 1. The van der Waals surface area contributed by atoms with Crippen LogP contribution in [0.4, 0.5) is 15.9 Å². The van der Waals surface area contributed by atoms with E-state index in [4.69, 9.17) is 5.73 Å². The third-order valence-corrected chi connectivity index (χ3v) is 2.84. The molecule has 0 aliphatic carbocycles. The molecule has 0 atom stereocenters. The molecule has 0 saturated carbocycles. The van der Waals surface area contributed by atoms with E-state index >= 15 is 0 Å². The molecule has 0 aliphatic rings. The van der Waals surface area contributed by atoms with Crippen molar-refractivity contribution in [2.75, 3.05) is 17.7 Å². The molecule has 1 aromatic carbocycles. The Labute approximate surface area is 106 Å². The van der Waals surface area contributed by atoms with Gasteiger partial charge in [-0.05, 0) is 36.2 Å². The van der Waals surface area contributed by atoms with Crippen LogP contribution in [0, 0.1) is 12.7 Å². The first kappa shape index (κ1) is 12.4. The van der Waals surface area contributed by atoms with Gasteiger partial charge in [-0.15, -0.1) is 0 Å². The number of aryl methyl sites for hydroxylation is 1. The highest BCUT2D eigenvalue weighted by Gasteiger charge is 2.05. The zero-order valence-electron chi connectivity index (χ0n) is 10.5. The number of benzene rings is 1. The molecule has 0 saturated heterocycles. The van der Waals surface area contributed by atoms with E-state index in [0.717, 1.165) is 16.9 Å². The van der Waals surface area contributed by atoms with Gasteiger partial charge in [0.15, 0.2) is 0 Å². The van der Waals surface area contributed by atoms with Crippen molar-refractivity contribution in [2.24, 2.45) is 0 Å². The zero-order valence-corrected chi connectivity index (χ0v) is 10.5. The molecule has 2 aromatic rings. The van der Waals surface area contributed by atoms with Gasteiger partial charge in [0.1, 0.15) is 11.6 Å². The van der Waals surface area contributed by atoms with Gasteiger partial charge in [-0.3, -0.25) is 0 Å². The molecular formula is C14H16FN3. The van der Waals surface area contributed by atoms with E-state index in [2.05, 4.69) is 4.98 Å². The molecule has 0 amide bonds. The number of anilines is 2. The topological polar surface area (TPSA) is 42.2 Å². The summed E-state index contributed by atoms with van der Waals surface area (Å²) in [7, 11) is 1.92. The van der Waals surface area contributed by atoms with Gasteiger partial charge < -0.3 is 10.6 Å². The average Bonchev–Trinajstić information content (AvgIpc) is 2.32. The predicted molar refractivity (Wildman–Crippen MR) is 71.9 cm³/mol. The summed E-state index contributed by atoms with van der Waals surface area (Å²) >= 11 is 0. The SMILES string of the molecule is Cc1cc(N(C)Cc2cccc(F)c2)ncc1N. The van der Waals surface area contributed by atoms with Crippen LogP contribution in [-0.4, -0.2) is 12.0 Å². The maximum absolute atomic E-state index is 13.1. The molecule has 0 aliphatic heterocycles. The Morgan fingerprint density at radius 3 is 2.78 bits per heavy atom. The molecule has 18 heavy (non-hydrogen) atoms. The van der Waals surface area contributed by atoms with E-state index in [1.54, 1.807) is 12.3 Å². The van der Waals surface area contributed by atoms with Crippen molar-refractivity contribution in [1.29, 1.82) is 0 Å². The second-order valence-electron chi connectivity index (χ2n) is 4.39. The van der Waals surface area contributed by atoms with Gasteiger partial charge in [-0.1, -0.05) is 12.1 Å². The molecule has 0 bridgehead atoms. The minimum atomic E-state index is -0.220. The van der Waals surface area contributed by atoms with Crippen LogP contribution in [0.25, 0.3) is 0 Å². The summed E-state index contributed by atoms with van der Waals surface area (Å²) in [6.45, 7) is 2.55. The van der Waals surface area contributed by atoms with Crippen LogP contribution in [0.15, 0.2) is 36.5 Å². The third-order valence-electron chi connectivity index (χ3n) is 2.84. The molecular weight excluding hydrogens is 229 g/mol. The number of nitrogens with zero attached hydrogens (tertiary/aromatic N) is 2. The van der Waals surface area contributed by atoms with Crippen LogP contribution in [-0.2, 0) is 6.54 Å². The first-order valence-electron chi connectivity index (χ1n) is 5.74. The number of hydrogen-bond acceptors (Lipinski definition) is 3. The van der Waals surface area contributed by atoms with Crippen molar-refractivity contribution in [3.63, 3.8) is 0 Å². The maximum atomic E-state index is 13.1. The van der Waals surface area contributed by atoms with Gasteiger partial charge in [0, 0.05) is 13.6 Å². The Hall–Kier alpha value is -2.10. The predicted octanol–water partition coefficient (Wildman–Crippen LogP) is 2.75. The molecule has 1 aromatic heterocycles. The number of nitrogen functional groups attached to an aromatic ring is 1. The first-order valence-corrected chi connectivity index (χ1v) is 5.74. The molecule has 94 valence electrons. The molecule has 3 nitrogen and oxygen atoms in total. The summed E-state index contributed by atoms with van der Waals surface area (Å²) in [5, 5.41) is 0. The summed E-state index contributed by atoms with van der Waals surface area (Å²) in [6.07, 6.45) is 1.65. The van der Waals surface area contributed by atoms with Gasteiger partial charge in [0.25, 0.3) is 0 Å². The Morgan fingerprint density at radius 1 is 1.33 bits per heavy atom. The Kier molecular flexibility index (Phi) is 3.46. The van der Waals surface area contributed by atoms with E-state index in [9.17, 15) is 4.39 Å². The molecule has 0 unspecified atom stereocenters. The molecule has 4 heteroatoms. The lowest BCUT2D eigenvalue weighted by Crippen LogP contribution is -2.18. The standard InChI is InChI=1S/C14H16FN3/c1-10-6-14(17-8-13(10)16)18(2)9-11-4-3-5-12(15)7-11/h3-8H,9,16H2,1-2H3. The summed E-state index contributed by atoms with van der Waals surface area (Å²) in [4.78, 5) is 6.22. The van der Waals surface area contributed by atoms with Gasteiger partial charge in [-0.25, -0.2) is 9.37 Å². The van der Waals surface area contributed by atoms with E-state index in [-0.39, 0.29) is 5.82 Å². The monoisotopic (exact) mass is 245 g/mol. The molecule has 1 heterocycles. The zero-order chi connectivity index (χ0) is 13.1. The number of halogens is 1. The van der Waals surface area contributed by atoms with Crippen LogP contribution in [0.5, 0.6) is 0 Å². The maximum Gasteiger partial charge on any atom is 0.128 e. The second kappa shape index (κ2) is 5.04. The summed E-state index contributed by atoms with van der Waals surface area (Å²) < 4.78 is 13.1. The van der Waals surface area contributed by atoms with Crippen LogP contribution < -0.4 is 10.6 Å². The Balaban J connectivity index is 2.16. The largest absolute Gasteiger partial charge is 0.397 e. The molecule has 2 rings (SSSR count). The average molecular weight is 245 g/mol. The minimum Gasteiger partial charge on any atom is -0.397 e. The van der Waals surface area contributed by atoms with Gasteiger partial charge in [0.05, 0.1) is 11.9 Å². The van der Waals surface area contributed by atoms with E-state index in [0.29, 0.717) is 12.2 Å². The molecule has 0 fully saturated rings. The van der Waals surface area contributed by atoms with Crippen LogP contribution >= 0.6 is 0 Å². The fourth-order valence-electron chi connectivity index (χ4n) is 1.75. The lowest BCUT2D eigenvalue weighted by molar-refractivity contribution is 0.625. The van der Waals surface area contributed by atoms with Crippen LogP contribution in [0.3, 0.4) is 0 Å². The quantitative estimate of drug-likeness (QED) is 0.904. The molecule has 2 N–H and O–H groups in total. The van der Waals surface area contributed by atoms with Crippen LogP contribution in [0.1, 0.15) is 11.1 Å². The lowest BCUT2D eigenvalue weighted by Gasteiger charge is -2.19. The number of pyridine rings is 1. The van der Waals surface area contributed by atoms with Crippen molar-refractivity contribution in [3.05, 3.63) is 53.5 Å². The summed E-state index contributed by atoms with van der Waals surface area (Å²) in [5.41, 5.74) is 8.31.